The number of likely N-dealkylation sites (tertiary alicyclic amines) is 1. The molecule has 1 aliphatic rings. The van der Waals surface area contributed by atoms with Crippen molar-refractivity contribution in [2.75, 3.05) is 13.1 Å². The van der Waals surface area contributed by atoms with Crippen LogP contribution in [0.1, 0.15) is 49.5 Å². The molecule has 0 unspecified atom stereocenters. The highest BCUT2D eigenvalue weighted by molar-refractivity contribution is 5.92. The molecule has 2 amide bonds. The molecule has 0 atom stereocenters. The third kappa shape index (κ3) is 5.35. The Morgan fingerprint density at radius 2 is 1.89 bits per heavy atom. The molecule has 28 heavy (non-hydrogen) atoms. The molecule has 1 N–H and O–H groups in total. The van der Waals surface area contributed by atoms with E-state index in [1.54, 1.807) is 18.4 Å². The Balaban J connectivity index is 1.44. The summed E-state index contributed by atoms with van der Waals surface area (Å²) in [6, 6.07) is 11.9. The lowest BCUT2D eigenvalue weighted by atomic mass is 9.95. The van der Waals surface area contributed by atoms with E-state index in [1.165, 1.54) is 5.56 Å². The molecule has 1 aliphatic heterocycles. The van der Waals surface area contributed by atoms with Gasteiger partial charge in [-0.15, -0.1) is 0 Å². The lowest BCUT2D eigenvalue weighted by molar-refractivity contribution is -0.132. The normalized spacial score (nSPS) is 15.3. The first-order chi connectivity index (χ1) is 13.5. The van der Waals surface area contributed by atoms with Crippen molar-refractivity contribution >= 4 is 17.9 Å². The van der Waals surface area contributed by atoms with Crippen LogP contribution in [0.3, 0.4) is 0 Å². The van der Waals surface area contributed by atoms with E-state index in [1.807, 2.05) is 29.2 Å². The van der Waals surface area contributed by atoms with Crippen molar-refractivity contribution in [3.05, 3.63) is 65.6 Å². The molecular weight excluding hydrogens is 352 g/mol. The van der Waals surface area contributed by atoms with Crippen LogP contribution in [0, 0.1) is 5.92 Å². The first kappa shape index (κ1) is 19.9. The lowest BCUT2D eigenvalue weighted by Crippen LogP contribution is -2.42. The predicted molar refractivity (Wildman–Crippen MR) is 109 cm³/mol. The van der Waals surface area contributed by atoms with Crippen LogP contribution in [0.15, 0.2) is 53.2 Å². The molecule has 5 heteroatoms. The van der Waals surface area contributed by atoms with E-state index in [0.717, 1.165) is 11.3 Å². The van der Waals surface area contributed by atoms with Crippen molar-refractivity contribution in [2.45, 2.75) is 39.2 Å². The molecule has 0 saturated carbocycles. The molecular formula is C23H28N2O3. The summed E-state index contributed by atoms with van der Waals surface area (Å²) in [6.45, 7) is 5.94. The average molecular weight is 380 g/mol. The van der Waals surface area contributed by atoms with Gasteiger partial charge in [0.1, 0.15) is 5.76 Å². The molecule has 0 aliphatic carbocycles. The van der Waals surface area contributed by atoms with Gasteiger partial charge in [-0.3, -0.25) is 9.59 Å². The van der Waals surface area contributed by atoms with E-state index >= 15 is 0 Å². The van der Waals surface area contributed by atoms with Gasteiger partial charge in [0, 0.05) is 25.1 Å². The first-order valence-corrected chi connectivity index (χ1v) is 9.90. The van der Waals surface area contributed by atoms with Gasteiger partial charge in [0.15, 0.2) is 0 Å². The number of hydrogen-bond acceptors (Lipinski definition) is 3. The second-order valence-electron chi connectivity index (χ2n) is 7.55. The summed E-state index contributed by atoms with van der Waals surface area (Å²) < 4.78 is 5.23. The minimum absolute atomic E-state index is 0.00220. The second kappa shape index (κ2) is 9.40. The summed E-state index contributed by atoms with van der Waals surface area (Å²) in [5.74, 6) is 1.22. The number of piperidine rings is 1. The maximum atomic E-state index is 12.4. The maximum absolute atomic E-state index is 12.4. The fraction of sp³-hybridized carbons (Fsp3) is 0.391. The van der Waals surface area contributed by atoms with E-state index in [4.69, 9.17) is 4.42 Å². The number of hydrogen-bond donors (Lipinski definition) is 1. The van der Waals surface area contributed by atoms with E-state index < -0.39 is 0 Å². The van der Waals surface area contributed by atoms with Crippen molar-refractivity contribution in [3.63, 3.8) is 0 Å². The van der Waals surface area contributed by atoms with Crippen molar-refractivity contribution in [2.24, 2.45) is 5.92 Å². The minimum Gasteiger partial charge on any atom is -0.467 e. The Morgan fingerprint density at radius 1 is 1.18 bits per heavy atom. The number of rotatable bonds is 6. The third-order valence-electron chi connectivity index (χ3n) is 5.22. The van der Waals surface area contributed by atoms with Crippen LogP contribution in [-0.2, 0) is 16.1 Å². The zero-order valence-corrected chi connectivity index (χ0v) is 16.6. The van der Waals surface area contributed by atoms with Crippen LogP contribution in [0.5, 0.6) is 0 Å². The number of benzene rings is 1. The molecule has 0 spiro atoms. The molecule has 148 valence electrons. The number of furan rings is 1. The monoisotopic (exact) mass is 380 g/mol. The summed E-state index contributed by atoms with van der Waals surface area (Å²) in [4.78, 5) is 26.5. The smallest absolute Gasteiger partial charge is 0.246 e. The zero-order valence-electron chi connectivity index (χ0n) is 16.6. The standard InChI is InChI=1S/C23H28N2O3/c1-17(2)19-8-5-18(6-9-19)7-10-22(26)25-13-11-20(12-14-25)23(27)24-16-21-4-3-15-28-21/h3-10,15,17,20H,11-14,16H2,1-2H3,(H,24,27)/b10-7+. The Bertz CT molecular complexity index is 799. The summed E-state index contributed by atoms with van der Waals surface area (Å²) in [7, 11) is 0. The van der Waals surface area contributed by atoms with Gasteiger partial charge < -0.3 is 14.6 Å². The van der Waals surface area contributed by atoms with Gasteiger partial charge in [-0.2, -0.15) is 0 Å². The fourth-order valence-corrected chi connectivity index (χ4v) is 3.36. The van der Waals surface area contributed by atoms with Gasteiger partial charge in [-0.25, -0.2) is 0 Å². The number of carbonyl (C=O) groups excluding carboxylic acids is 2. The molecule has 3 rings (SSSR count). The molecule has 1 saturated heterocycles. The van der Waals surface area contributed by atoms with E-state index in [2.05, 4.69) is 31.3 Å². The Morgan fingerprint density at radius 3 is 2.50 bits per heavy atom. The van der Waals surface area contributed by atoms with E-state index in [-0.39, 0.29) is 17.7 Å². The number of amides is 2. The van der Waals surface area contributed by atoms with E-state index in [9.17, 15) is 9.59 Å². The Kier molecular flexibility index (Phi) is 6.69. The quantitative estimate of drug-likeness (QED) is 0.771. The molecule has 0 bridgehead atoms. The molecule has 2 aromatic rings. The van der Waals surface area contributed by atoms with Crippen LogP contribution in [-0.4, -0.2) is 29.8 Å². The molecule has 5 nitrogen and oxygen atoms in total. The van der Waals surface area contributed by atoms with Crippen molar-refractivity contribution in [1.29, 1.82) is 0 Å². The SMILES string of the molecule is CC(C)c1ccc(/C=C/C(=O)N2CCC(C(=O)NCc3ccco3)CC2)cc1. The van der Waals surface area contributed by atoms with Crippen LogP contribution in [0.4, 0.5) is 0 Å². The summed E-state index contributed by atoms with van der Waals surface area (Å²) in [5.41, 5.74) is 2.31. The van der Waals surface area contributed by atoms with Crippen LogP contribution < -0.4 is 5.32 Å². The van der Waals surface area contributed by atoms with Crippen molar-refractivity contribution in [3.8, 4) is 0 Å². The van der Waals surface area contributed by atoms with Gasteiger partial charge in [0.05, 0.1) is 12.8 Å². The van der Waals surface area contributed by atoms with Crippen molar-refractivity contribution < 1.29 is 14.0 Å². The molecule has 2 heterocycles. The topological polar surface area (TPSA) is 62.6 Å². The van der Waals surface area contributed by atoms with Gasteiger partial charge in [-0.05, 0) is 48.1 Å². The average Bonchev–Trinajstić information content (AvgIpc) is 3.24. The van der Waals surface area contributed by atoms with Gasteiger partial charge in [0.25, 0.3) is 0 Å². The van der Waals surface area contributed by atoms with Gasteiger partial charge in [0.2, 0.25) is 11.8 Å². The maximum Gasteiger partial charge on any atom is 0.246 e. The summed E-state index contributed by atoms with van der Waals surface area (Å²) >= 11 is 0. The Labute approximate surface area is 166 Å². The van der Waals surface area contributed by atoms with Crippen LogP contribution in [0.25, 0.3) is 6.08 Å². The Hall–Kier alpha value is -2.82. The molecule has 1 aromatic heterocycles. The highest BCUT2D eigenvalue weighted by Crippen LogP contribution is 2.19. The summed E-state index contributed by atoms with van der Waals surface area (Å²) in [6.07, 6.45) is 6.45. The highest BCUT2D eigenvalue weighted by Gasteiger charge is 2.26. The fourth-order valence-electron chi connectivity index (χ4n) is 3.36. The largest absolute Gasteiger partial charge is 0.467 e. The zero-order chi connectivity index (χ0) is 19.9. The molecule has 0 radical (unpaired) electrons. The third-order valence-corrected chi connectivity index (χ3v) is 5.22. The number of nitrogens with one attached hydrogen (secondary N) is 1. The molecule has 1 aromatic carbocycles. The number of carbonyl (C=O) groups is 2. The van der Waals surface area contributed by atoms with Gasteiger partial charge >= 0.3 is 0 Å². The molecule has 1 fully saturated rings. The minimum atomic E-state index is -0.0495. The lowest BCUT2D eigenvalue weighted by Gasteiger charge is -2.30. The van der Waals surface area contributed by atoms with Crippen LogP contribution in [0.2, 0.25) is 0 Å². The summed E-state index contributed by atoms with van der Waals surface area (Å²) in [5, 5.41) is 2.91. The second-order valence-corrected chi connectivity index (χ2v) is 7.55. The first-order valence-electron chi connectivity index (χ1n) is 9.90. The van der Waals surface area contributed by atoms with Crippen molar-refractivity contribution in [1.82, 2.24) is 10.2 Å². The van der Waals surface area contributed by atoms with Gasteiger partial charge in [-0.1, -0.05) is 38.1 Å². The van der Waals surface area contributed by atoms with E-state index in [0.29, 0.717) is 38.4 Å². The predicted octanol–water partition coefficient (Wildman–Crippen LogP) is 3.97. The highest BCUT2D eigenvalue weighted by atomic mass is 16.3. The number of nitrogens with zero attached hydrogens (tertiary/aromatic N) is 1. The van der Waals surface area contributed by atoms with Crippen LogP contribution >= 0.6 is 0 Å².